The van der Waals surface area contributed by atoms with Gasteiger partial charge in [-0.2, -0.15) is 0 Å². The summed E-state index contributed by atoms with van der Waals surface area (Å²) < 4.78 is 0. The second-order valence-corrected chi connectivity index (χ2v) is 16.9. The van der Waals surface area contributed by atoms with Gasteiger partial charge in [0.2, 0.25) is 23.6 Å². The zero-order valence-electron chi connectivity index (χ0n) is 30.8. The van der Waals surface area contributed by atoms with Crippen molar-refractivity contribution in [2.45, 2.75) is 23.6 Å². The van der Waals surface area contributed by atoms with E-state index in [9.17, 15) is 19.2 Å². The molecule has 2 saturated heterocycles. The molecule has 6 rings (SSSR count). The van der Waals surface area contributed by atoms with Crippen molar-refractivity contribution in [3.05, 3.63) is 114 Å². The third-order valence-electron chi connectivity index (χ3n) is 9.78. The Morgan fingerprint density at radius 1 is 0.509 bits per heavy atom. The molecule has 0 atom stereocenters. The fourth-order valence-corrected chi connectivity index (χ4v) is 9.32. The second kappa shape index (κ2) is 18.9. The molecule has 4 amide bonds. The number of piperazine rings is 2. The first-order valence-electron chi connectivity index (χ1n) is 17.9. The molecular formula is C42H36Cl6N4O4S. The summed E-state index contributed by atoms with van der Waals surface area (Å²) in [5, 5.41) is 2.39. The van der Waals surface area contributed by atoms with E-state index < -0.39 is 0 Å². The molecule has 0 saturated carbocycles. The Bertz CT molecular complexity index is 2140. The molecule has 2 heterocycles. The zero-order chi connectivity index (χ0) is 41.0. The summed E-state index contributed by atoms with van der Waals surface area (Å²) in [6, 6.07) is 17.7. The van der Waals surface area contributed by atoms with Crippen molar-refractivity contribution in [1.82, 2.24) is 19.6 Å². The highest BCUT2D eigenvalue weighted by atomic mass is 35.5. The Kier molecular flexibility index (Phi) is 14.3. The Hall–Kier alpha value is -3.67. The minimum atomic E-state index is -0.188. The van der Waals surface area contributed by atoms with Gasteiger partial charge in [-0.3, -0.25) is 19.2 Å². The van der Waals surface area contributed by atoms with Gasteiger partial charge in [0.15, 0.2) is 0 Å². The molecule has 0 spiro atoms. The average Bonchev–Trinajstić information content (AvgIpc) is 3.18. The first-order valence-corrected chi connectivity index (χ1v) is 21.0. The molecule has 2 aliphatic rings. The van der Waals surface area contributed by atoms with Crippen molar-refractivity contribution >= 4 is 117 Å². The third kappa shape index (κ3) is 10.1. The van der Waals surface area contributed by atoms with Gasteiger partial charge in [0.1, 0.15) is 0 Å². The van der Waals surface area contributed by atoms with Crippen LogP contribution in [0.2, 0.25) is 30.1 Å². The van der Waals surface area contributed by atoms with Crippen LogP contribution in [0.1, 0.15) is 25.0 Å². The van der Waals surface area contributed by atoms with Crippen LogP contribution in [-0.2, 0) is 19.2 Å². The molecule has 0 bridgehead atoms. The summed E-state index contributed by atoms with van der Waals surface area (Å²) in [5.41, 5.74) is 3.71. The minimum absolute atomic E-state index is 0.0153. The van der Waals surface area contributed by atoms with Crippen LogP contribution in [0.3, 0.4) is 0 Å². The number of carbonyl (C=O) groups is 4. The van der Waals surface area contributed by atoms with E-state index in [4.69, 9.17) is 69.6 Å². The zero-order valence-corrected chi connectivity index (χ0v) is 36.2. The first kappa shape index (κ1) is 42.9. The number of benzene rings is 4. The highest BCUT2D eigenvalue weighted by Crippen LogP contribution is 2.48. The molecule has 57 heavy (non-hydrogen) atoms. The van der Waals surface area contributed by atoms with Gasteiger partial charge >= 0.3 is 0 Å². The van der Waals surface area contributed by atoms with Gasteiger partial charge in [0, 0.05) is 130 Å². The van der Waals surface area contributed by atoms with Crippen LogP contribution in [0.5, 0.6) is 0 Å². The summed E-state index contributed by atoms with van der Waals surface area (Å²) in [6.45, 7) is 6.68. The van der Waals surface area contributed by atoms with Crippen LogP contribution < -0.4 is 0 Å². The number of nitrogens with zero attached hydrogens (tertiary/aromatic N) is 4. The monoisotopic (exact) mass is 902 g/mol. The van der Waals surface area contributed by atoms with Crippen LogP contribution in [-0.4, -0.2) is 95.6 Å². The van der Waals surface area contributed by atoms with E-state index in [1.807, 2.05) is 24.3 Å². The van der Waals surface area contributed by atoms with Crippen LogP contribution in [0.15, 0.2) is 82.6 Å². The molecule has 296 valence electrons. The molecule has 4 aromatic rings. The maximum Gasteiger partial charge on any atom is 0.246 e. The van der Waals surface area contributed by atoms with Crippen molar-refractivity contribution in [2.75, 3.05) is 52.4 Å². The van der Waals surface area contributed by atoms with Gasteiger partial charge in [-0.05, 0) is 59.7 Å². The summed E-state index contributed by atoms with van der Waals surface area (Å²) in [4.78, 5) is 58.2. The normalized spacial score (nSPS) is 14.9. The maximum atomic E-state index is 13.2. The van der Waals surface area contributed by atoms with Crippen molar-refractivity contribution in [3.63, 3.8) is 0 Å². The summed E-state index contributed by atoms with van der Waals surface area (Å²) in [5.74, 6) is -0.406. The van der Waals surface area contributed by atoms with E-state index in [-0.39, 0.29) is 23.6 Å². The van der Waals surface area contributed by atoms with Crippen LogP contribution in [0.4, 0.5) is 0 Å². The summed E-state index contributed by atoms with van der Waals surface area (Å²) in [7, 11) is 0. The van der Waals surface area contributed by atoms with E-state index in [2.05, 4.69) is 0 Å². The maximum absolute atomic E-state index is 13.2. The lowest BCUT2D eigenvalue weighted by Crippen LogP contribution is -2.49. The van der Waals surface area contributed by atoms with Gasteiger partial charge in [-0.25, -0.2) is 0 Å². The van der Waals surface area contributed by atoms with Crippen molar-refractivity contribution < 1.29 is 19.2 Å². The van der Waals surface area contributed by atoms with Gasteiger partial charge in [-0.1, -0.05) is 106 Å². The Labute approximate surface area is 365 Å². The van der Waals surface area contributed by atoms with E-state index in [0.717, 1.165) is 0 Å². The molecular weight excluding hydrogens is 869 g/mol. The standard InChI is InChI=1S/C42H36Cl6N4O4S/c1-25(53)49-15-19-51(20-16-49)37(55)13-5-27-3-11-35(41(47)39(27)31-9-7-29(43)23-33(31)45)57-36-12-4-28(40(42(36)48)32-10-8-30(44)24-34(32)46)6-14-38(56)52-21-17-50(18-22-52)26(2)54/h3-14,23-24H,15-22H2,1-2H3. The van der Waals surface area contributed by atoms with Gasteiger partial charge in [0.25, 0.3) is 0 Å². The van der Waals surface area contributed by atoms with Crippen molar-refractivity contribution in [3.8, 4) is 22.3 Å². The predicted molar refractivity (Wildman–Crippen MR) is 234 cm³/mol. The molecule has 2 fully saturated rings. The minimum Gasteiger partial charge on any atom is -0.339 e. The first-order chi connectivity index (χ1) is 27.2. The molecule has 0 radical (unpaired) electrons. The average molecular weight is 906 g/mol. The molecule has 0 aromatic heterocycles. The topological polar surface area (TPSA) is 81.2 Å². The Morgan fingerprint density at radius 3 is 1.19 bits per heavy atom. The number of carbonyl (C=O) groups excluding carboxylic acids is 4. The molecule has 15 heteroatoms. The lowest BCUT2D eigenvalue weighted by molar-refractivity contribution is -0.135. The third-order valence-corrected chi connectivity index (χ3v) is 13.0. The van der Waals surface area contributed by atoms with Crippen molar-refractivity contribution in [2.24, 2.45) is 0 Å². The number of hydrogen-bond acceptors (Lipinski definition) is 5. The number of hydrogen-bond donors (Lipinski definition) is 0. The molecule has 0 aliphatic carbocycles. The van der Waals surface area contributed by atoms with Gasteiger partial charge < -0.3 is 19.6 Å². The smallest absolute Gasteiger partial charge is 0.246 e. The van der Waals surface area contributed by atoms with E-state index in [0.29, 0.717) is 126 Å². The molecule has 8 nitrogen and oxygen atoms in total. The predicted octanol–water partition coefficient (Wildman–Crippen LogP) is 10.5. The summed E-state index contributed by atoms with van der Waals surface area (Å²) >= 11 is 41.9. The van der Waals surface area contributed by atoms with Crippen LogP contribution >= 0.6 is 81.4 Å². The van der Waals surface area contributed by atoms with Gasteiger partial charge in [0.05, 0.1) is 10.0 Å². The number of halogens is 6. The Balaban J connectivity index is 1.35. The quantitative estimate of drug-likeness (QED) is 0.165. The fourth-order valence-electron chi connectivity index (χ4n) is 6.65. The van der Waals surface area contributed by atoms with E-state index in [1.54, 1.807) is 68.1 Å². The van der Waals surface area contributed by atoms with E-state index in [1.165, 1.54) is 37.8 Å². The molecule has 2 aliphatic heterocycles. The van der Waals surface area contributed by atoms with Crippen LogP contribution in [0, 0.1) is 0 Å². The molecule has 4 aromatic carbocycles. The number of rotatable bonds is 8. The lowest BCUT2D eigenvalue weighted by atomic mass is 9.98. The highest BCUT2D eigenvalue weighted by Gasteiger charge is 2.24. The number of amides is 4. The Morgan fingerprint density at radius 2 is 0.860 bits per heavy atom. The summed E-state index contributed by atoms with van der Waals surface area (Å²) in [6.07, 6.45) is 6.41. The SMILES string of the molecule is CC(=O)N1CCN(C(=O)C=Cc2ccc(Sc3ccc(C=CC(=O)N4CCN(C(C)=O)CC4)c(-c4ccc(Cl)cc4Cl)c3Cl)c(Cl)c2-c2ccc(Cl)cc2Cl)CC1. The largest absolute Gasteiger partial charge is 0.339 e. The molecule has 0 N–H and O–H groups in total. The van der Waals surface area contributed by atoms with E-state index >= 15 is 0 Å². The van der Waals surface area contributed by atoms with Crippen molar-refractivity contribution in [1.29, 1.82) is 0 Å². The van der Waals surface area contributed by atoms with Crippen LogP contribution in [0.25, 0.3) is 34.4 Å². The highest BCUT2D eigenvalue weighted by molar-refractivity contribution is 7.99. The lowest BCUT2D eigenvalue weighted by Gasteiger charge is -2.33. The molecule has 0 unspecified atom stereocenters. The van der Waals surface area contributed by atoms with Gasteiger partial charge in [-0.15, -0.1) is 0 Å². The fraction of sp³-hybridized carbons (Fsp3) is 0.238. The second-order valence-electron chi connectivity index (χ2n) is 13.4.